The number of hydrogen-bond acceptors (Lipinski definition) is 6. The van der Waals surface area contributed by atoms with Crippen molar-refractivity contribution in [3.05, 3.63) is 0 Å². The van der Waals surface area contributed by atoms with Crippen LogP contribution in [-0.4, -0.2) is 55.4 Å². The molecule has 1 atom stereocenters. The molecule has 0 unspecified atom stereocenters. The van der Waals surface area contributed by atoms with E-state index in [0.717, 1.165) is 58.3 Å². The SMILES string of the molecule is NCCCC[C@H](N)C(=O)OC1(N2CCNCC2)CCC1. The highest BCUT2D eigenvalue weighted by molar-refractivity contribution is 5.76. The van der Waals surface area contributed by atoms with E-state index in [1.54, 1.807) is 0 Å². The average Bonchev–Trinajstić information content (AvgIpc) is 2.43. The summed E-state index contributed by atoms with van der Waals surface area (Å²) in [6, 6.07) is -0.512. The molecule has 6 heteroatoms. The third-order valence-corrected chi connectivity index (χ3v) is 4.39. The Balaban J connectivity index is 1.83. The Hall–Kier alpha value is -0.690. The Kier molecular flexibility index (Phi) is 5.77. The standard InChI is InChI=1S/C14H28N4O2/c15-7-2-1-4-12(16)13(19)20-14(5-3-6-14)18-10-8-17-9-11-18/h12,17H,1-11,15-16H2/t12-/m0/s1. The van der Waals surface area contributed by atoms with Gasteiger partial charge in [0.05, 0.1) is 0 Å². The molecule has 2 fully saturated rings. The molecule has 6 nitrogen and oxygen atoms in total. The Labute approximate surface area is 121 Å². The van der Waals surface area contributed by atoms with E-state index in [9.17, 15) is 4.79 Å². The summed E-state index contributed by atoms with van der Waals surface area (Å²) in [6.45, 7) is 4.45. The van der Waals surface area contributed by atoms with E-state index >= 15 is 0 Å². The first-order chi connectivity index (χ1) is 9.68. The minimum atomic E-state index is -0.512. The molecule has 2 aliphatic rings. The van der Waals surface area contributed by atoms with Crippen LogP contribution in [0.2, 0.25) is 0 Å². The van der Waals surface area contributed by atoms with Gasteiger partial charge >= 0.3 is 5.97 Å². The molecule has 0 aromatic carbocycles. The summed E-state index contributed by atoms with van der Waals surface area (Å²) in [5.74, 6) is -0.250. The normalized spacial score (nSPS) is 23.9. The lowest BCUT2D eigenvalue weighted by Crippen LogP contribution is -2.62. The first-order valence-corrected chi connectivity index (χ1v) is 7.82. The van der Waals surface area contributed by atoms with Gasteiger partial charge in [-0.3, -0.25) is 9.69 Å². The van der Waals surface area contributed by atoms with Crippen LogP contribution >= 0.6 is 0 Å². The van der Waals surface area contributed by atoms with Gasteiger partial charge in [0, 0.05) is 39.0 Å². The third-order valence-electron chi connectivity index (χ3n) is 4.39. The third kappa shape index (κ3) is 3.69. The molecule has 5 N–H and O–H groups in total. The molecule has 1 saturated carbocycles. The molecule has 2 rings (SSSR count). The number of carbonyl (C=O) groups excluding carboxylic acids is 1. The van der Waals surface area contributed by atoms with Gasteiger partial charge in [0.1, 0.15) is 6.04 Å². The quantitative estimate of drug-likeness (QED) is 0.442. The van der Waals surface area contributed by atoms with Crippen LogP contribution in [0.1, 0.15) is 38.5 Å². The molecule has 0 aromatic heterocycles. The Bertz CT molecular complexity index is 314. The topological polar surface area (TPSA) is 93.6 Å². The van der Waals surface area contributed by atoms with Gasteiger partial charge in [-0.15, -0.1) is 0 Å². The molecular formula is C14H28N4O2. The second-order valence-corrected chi connectivity index (χ2v) is 5.85. The fourth-order valence-electron chi connectivity index (χ4n) is 2.92. The molecule has 116 valence electrons. The number of rotatable bonds is 7. The number of nitrogens with two attached hydrogens (primary N) is 2. The summed E-state index contributed by atoms with van der Waals surface area (Å²) in [5.41, 5.74) is 11.0. The van der Waals surface area contributed by atoms with Crippen molar-refractivity contribution >= 4 is 5.97 Å². The van der Waals surface area contributed by atoms with Crippen molar-refractivity contribution in [3.63, 3.8) is 0 Å². The number of piperazine rings is 1. The monoisotopic (exact) mass is 284 g/mol. The number of carbonyl (C=O) groups is 1. The van der Waals surface area contributed by atoms with Crippen molar-refractivity contribution in [1.82, 2.24) is 10.2 Å². The fourth-order valence-corrected chi connectivity index (χ4v) is 2.92. The molecule has 1 aliphatic heterocycles. The maximum atomic E-state index is 12.2. The number of hydrogen-bond donors (Lipinski definition) is 3. The van der Waals surface area contributed by atoms with E-state index in [4.69, 9.17) is 16.2 Å². The Morgan fingerprint density at radius 1 is 1.30 bits per heavy atom. The lowest BCUT2D eigenvalue weighted by Gasteiger charge is -2.50. The molecule has 0 amide bonds. The molecule has 1 aliphatic carbocycles. The van der Waals surface area contributed by atoms with Crippen molar-refractivity contribution in [3.8, 4) is 0 Å². The number of ether oxygens (including phenoxy) is 1. The maximum Gasteiger partial charge on any atom is 0.324 e. The molecule has 0 bridgehead atoms. The van der Waals surface area contributed by atoms with Crippen LogP contribution in [0.15, 0.2) is 0 Å². The zero-order valence-corrected chi connectivity index (χ0v) is 12.3. The van der Waals surface area contributed by atoms with Gasteiger partial charge in [-0.05, 0) is 25.8 Å². The van der Waals surface area contributed by atoms with Crippen LogP contribution in [0.4, 0.5) is 0 Å². The van der Waals surface area contributed by atoms with Gasteiger partial charge in [0.25, 0.3) is 0 Å². The smallest absolute Gasteiger partial charge is 0.324 e. The van der Waals surface area contributed by atoms with E-state index in [0.29, 0.717) is 13.0 Å². The molecule has 0 aromatic rings. The van der Waals surface area contributed by atoms with E-state index in [-0.39, 0.29) is 11.7 Å². The molecule has 20 heavy (non-hydrogen) atoms. The zero-order chi connectivity index (χ0) is 14.4. The van der Waals surface area contributed by atoms with Crippen molar-refractivity contribution in [2.24, 2.45) is 11.5 Å². The van der Waals surface area contributed by atoms with Crippen molar-refractivity contribution < 1.29 is 9.53 Å². The van der Waals surface area contributed by atoms with Gasteiger partial charge in [-0.1, -0.05) is 6.42 Å². The summed E-state index contributed by atoms with van der Waals surface area (Å²) in [4.78, 5) is 14.5. The van der Waals surface area contributed by atoms with E-state index in [1.165, 1.54) is 0 Å². The zero-order valence-electron chi connectivity index (χ0n) is 12.3. The maximum absolute atomic E-state index is 12.2. The summed E-state index contributed by atoms with van der Waals surface area (Å²) in [6.07, 6.45) is 5.45. The first kappa shape index (κ1) is 15.7. The lowest BCUT2D eigenvalue weighted by molar-refractivity contribution is -0.212. The molecule has 1 saturated heterocycles. The molecule has 0 spiro atoms. The first-order valence-electron chi connectivity index (χ1n) is 7.82. The van der Waals surface area contributed by atoms with Crippen molar-refractivity contribution in [2.45, 2.75) is 50.3 Å². The lowest BCUT2D eigenvalue weighted by atomic mass is 9.85. The molecule has 0 radical (unpaired) electrons. The molecular weight excluding hydrogens is 256 g/mol. The van der Waals surface area contributed by atoms with E-state index < -0.39 is 6.04 Å². The van der Waals surface area contributed by atoms with Crippen LogP contribution in [0, 0.1) is 0 Å². The minimum Gasteiger partial charge on any atom is -0.443 e. The second kappa shape index (κ2) is 7.36. The van der Waals surface area contributed by atoms with Gasteiger partial charge in [-0.25, -0.2) is 0 Å². The van der Waals surface area contributed by atoms with E-state index in [1.807, 2.05) is 0 Å². The van der Waals surface area contributed by atoms with Crippen LogP contribution in [0.3, 0.4) is 0 Å². The fraction of sp³-hybridized carbons (Fsp3) is 0.929. The summed E-state index contributed by atoms with van der Waals surface area (Å²) in [5, 5.41) is 3.33. The highest BCUT2D eigenvalue weighted by Crippen LogP contribution is 2.39. The minimum absolute atomic E-state index is 0.250. The number of nitrogens with one attached hydrogen (secondary N) is 1. The van der Waals surface area contributed by atoms with Gasteiger partial charge in [0.2, 0.25) is 0 Å². The average molecular weight is 284 g/mol. The van der Waals surface area contributed by atoms with Crippen molar-refractivity contribution in [1.29, 1.82) is 0 Å². The van der Waals surface area contributed by atoms with Crippen LogP contribution < -0.4 is 16.8 Å². The summed E-state index contributed by atoms with van der Waals surface area (Å²) in [7, 11) is 0. The van der Waals surface area contributed by atoms with Gasteiger partial charge in [0.15, 0.2) is 5.72 Å². The Morgan fingerprint density at radius 2 is 2.00 bits per heavy atom. The second-order valence-electron chi connectivity index (χ2n) is 5.85. The van der Waals surface area contributed by atoms with Crippen LogP contribution in [-0.2, 0) is 9.53 Å². The Morgan fingerprint density at radius 3 is 2.55 bits per heavy atom. The summed E-state index contributed by atoms with van der Waals surface area (Å²) < 4.78 is 5.81. The molecule has 1 heterocycles. The van der Waals surface area contributed by atoms with Gasteiger partial charge in [-0.2, -0.15) is 0 Å². The predicted molar refractivity (Wildman–Crippen MR) is 78.0 cm³/mol. The highest BCUT2D eigenvalue weighted by atomic mass is 16.6. The van der Waals surface area contributed by atoms with Crippen LogP contribution in [0.25, 0.3) is 0 Å². The van der Waals surface area contributed by atoms with Gasteiger partial charge < -0.3 is 21.5 Å². The number of nitrogens with zero attached hydrogens (tertiary/aromatic N) is 1. The summed E-state index contributed by atoms with van der Waals surface area (Å²) >= 11 is 0. The van der Waals surface area contributed by atoms with Crippen LogP contribution in [0.5, 0.6) is 0 Å². The number of esters is 1. The van der Waals surface area contributed by atoms with Crippen molar-refractivity contribution in [2.75, 3.05) is 32.7 Å². The number of unbranched alkanes of at least 4 members (excludes halogenated alkanes) is 1. The largest absolute Gasteiger partial charge is 0.443 e. The predicted octanol–water partition coefficient (Wildman–Crippen LogP) is -0.229. The van der Waals surface area contributed by atoms with E-state index in [2.05, 4.69) is 10.2 Å². The highest BCUT2D eigenvalue weighted by Gasteiger charge is 2.46.